The van der Waals surface area contributed by atoms with Gasteiger partial charge in [-0.05, 0) is 25.7 Å². The van der Waals surface area contributed by atoms with E-state index >= 15 is 0 Å². The van der Waals surface area contributed by atoms with E-state index in [4.69, 9.17) is 5.26 Å². The summed E-state index contributed by atoms with van der Waals surface area (Å²) in [6, 6.07) is 2.13. The number of nitrogens with zero attached hydrogens (tertiary/aromatic N) is 1. The van der Waals surface area contributed by atoms with E-state index in [0.29, 0.717) is 0 Å². The molecule has 1 nitrogen and oxygen atoms in total. The molecule has 0 aromatic heterocycles. The molecule has 0 aromatic rings. The number of hydrogen-bond acceptors (Lipinski definition) is 1. The van der Waals surface area contributed by atoms with Crippen molar-refractivity contribution in [3.8, 4) is 6.07 Å². The minimum absolute atomic E-state index is 0.885. The first kappa shape index (κ1) is 5.37. The second-order valence-electron chi connectivity index (χ2n) is 1.91. The minimum atomic E-state index is 0.885. The maximum Gasteiger partial charge on any atom is 0.0943 e. The van der Waals surface area contributed by atoms with Crippen LogP contribution < -0.4 is 0 Å². The van der Waals surface area contributed by atoms with Crippen molar-refractivity contribution in [2.75, 3.05) is 0 Å². The number of nitriles is 1. The highest BCUT2D eigenvalue weighted by molar-refractivity contribution is 5.24. The van der Waals surface area contributed by atoms with Crippen molar-refractivity contribution in [1.29, 1.82) is 5.26 Å². The zero-order valence-electron chi connectivity index (χ0n) is 4.72. The highest BCUT2D eigenvalue weighted by Crippen LogP contribution is 2.14. The van der Waals surface area contributed by atoms with Gasteiger partial charge < -0.3 is 0 Å². The first-order valence-electron chi connectivity index (χ1n) is 2.84. The first-order chi connectivity index (χ1) is 3.93. The highest BCUT2D eigenvalue weighted by atomic mass is 14.2. The summed E-state index contributed by atoms with van der Waals surface area (Å²) in [6.07, 6.45) is 7.25. The molecule has 0 fully saturated rings. The Balaban J connectivity index is 2.53. The molecule has 1 heteroatoms. The molecule has 1 rings (SSSR count). The summed E-state index contributed by atoms with van der Waals surface area (Å²) in [5, 5.41) is 8.35. The van der Waals surface area contributed by atoms with Gasteiger partial charge in [0.15, 0.2) is 0 Å². The zero-order valence-corrected chi connectivity index (χ0v) is 4.72. The minimum Gasteiger partial charge on any atom is -0.193 e. The lowest BCUT2D eigenvalue weighted by Gasteiger charge is -2.02. The van der Waals surface area contributed by atoms with Gasteiger partial charge in [0.1, 0.15) is 0 Å². The lowest BCUT2D eigenvalue weighted by Crippen LogP contribution is -1.88. The summed E-state index contributed by atoms with van der Waals surface area (Å²) in [7, 11) is 0. The Morgan fingerprint density at radius 3 is 2.75 bits per heavy atom. The average molecular weight is 106 g/mol. The Morgan fingerprint density at radius 1 is 1.50 bits per heavy atom. The molecule has 1 aliphatic carbocycles. The Kier molecular flexibility index (Phi) is 1.69. The van der Waals surface area contributed by atoms with Crippen LogP contribution in [0.3, 0.4) is 0 Å². The molecule has 0 N–H and O–H groups in total. The quantitative estimate of drug-likeness (QED) is 0.462. The van der Waals surface area contributed by atoms with Gasteiger partial charge in [-0.3, -0.25) is 0 Å². The molecule has 41 valence electrons. The van der Waals surface area contributed by atoms with Gasteiger partial charge in [0.05, 0.1) is 6.07 Å². The Morgan fingerprint density at radius 2 is 2.38 bits per heavy atom. The highest BCUT2D eigenvalue weighted by Gasteiger charge is 2.00. The normalized spacial score (nSPS) is 19.1. The molecule has 0 saturated heterocycles. The van der Waals surface area contributed by atoms with E-state index in [1.807, 2.05) is 6.08 Å². The third-order valence-electron chi connectivity index (χ3n) is 1.27. The van der Waals surface area contributed by atoms with E-state index in [1.165, 1.54) is 0 Å². The van der Waals surface area contributed by atoms with E-state index in [2.05, 4.69) is 12.5 Å². The summed E-state index contributed by atoms with van der Waals surface area (Å²) in [4.78, 5) is 0. The Hall–Kier alpha value is -0.770. The lowest BCUT2D eigenvalue weighted by molar-refractivity contribution is 0.872. The summed E-state index contributed by atoms with van der Waals surface area (Å²) in [6.45, 7) is 0. The van der Waals surface area contributed by atoms with Gasteiger partial charge >= 0.3 is 0 Å². The van der Waals surface area contributed by atoms with Gasteiger partial charge in [-0.2, -0.15) is 5.26 Å². The van der Waals surface area contributed by atoms with E-state index in [0.717, 1.165) is 24.8 Å². The summed E-state index contributed by atoms with van der Waals surface area (Å²) in [5.74, 6) is 0. The van der Waals surface area contributed by atoms with Crippen molar-refractivity contribution < 1.29 is 0 Å². The average Bonchev–Trinajstić information content (AvgIpc) is 1.90. The van der Waals surface area contributed by atoms with Gasteiger partial charge in [-0.1, -0.05) is 6.08 Å². The zero-order chi connectivity index (χ0) is 5.82. The maximum atomic E-state index is 8.35. The number of allylic oxidation sites excluding steroid dienone is 2. The van der Waals surface area contributed by atoms with Crippen LogP contribution in [-0.4, -0.2) is 0 Å². The van der Waals surface area contributed by atoms with E-state index in [1.54, 1.807) is 0 Å². The second-order valence-corrected chi connectivity index (χ2v) is 1.91. The Labute approximate surface area is 49.6 Å². The predicted octanol–water partition coefficient (Wildman–Crippen LogP) is 1.82. The molecule has 8 heavy (non-hydrogen) atoms. The molecule has 0 heterocycles. The SMILES string of the molecule is N#CC1=CCC[CH]C1. The van der Waals surface area contributed by atoms with E-state index in [-0.39, 0.29) is 0 Å². The molecule has 0 saturated carbocycles. The van der Waals surface area contributed by atoms with Crippen molar-refractivity contribution in [1.82, 2.24) is 0 Å². The van der Waals surface area contributed by atoms with Gasteiger partial charge in [-0.15, -0.1) is 0 Å². The molecule has 0 aliphatic heterocycles. The second kappa shape index (κ2) is 2.52. The van der Waals surface area contributed by atoms with Gasteiger partial charge in [0, 0.05) is 5.57 Å². The van der Waals surface area contributed by atoms with Crippen LogP contribution in [0.1, 0.15) is 19.3 Å². The summed E-state index contributed by atoms with van der Waals surface area (Å²) < 4.78 is 0. The predicted molar refractivity (Wildman–Crippen MR) is 31.8 cm³/mol. The number of rotatable bonds is 0. The molecule has 1 aliphatic rings. The van der Waals surface area contributed by atoms with Gasteiger partial charge in [-0.25, -0.2) is 0 Å². The van der Waals surface area contributed by atoms with Crippen molar-refractivity contribution in [2.45, 2.75) is 19.3 Å². The fourth-order valence-corrected chi connectivity index (χ4v) is 0.808. The molecule has 0 spiro atoms. The van der Waals surface area contributed by atoms with Crippen LogP contribution in [0.4, 0.5) is 0 Å². The molecule has 0 atom stereocenters. The fourth-order valence-electron chi connectivity index (χ4n) is 0.808. The van der Waals surface area contributed by atoms with Crippen LogP contribution in [0.25, 0.3) is 0 Å². The molecular weight excluding hydrogens is 98.1 g/mol. The van der Waals surface area contributed by atoms with Gasteiger partial charge in [0.2, 0.25) is 0 Å². The maximum absolute atomic E-state index is 8.35. The summed E-state index contributed by atoms with van der Waals surface area (Å²) in [5.41, 5.74) is 0.927. The van der Waals surface area contributed by atoms with Crippen LogP contribution in [0.2, 0.25) is 0 Å². The number of hydrogen-bond donors (Lipinski definition) is 0. The van der Waals surface area contributed by atoms with Crippen LogP contribution in [-0.2, 0) is 0 Å². The largest absolute Gasteiger partial charge is 0.193 e. The third kappa shape index (κ3) is 1.10. The Bertz CT molecular complexity index is 139. The topological polar surface area (TPSA) is 23.8 Å². The lowest BCUT2D eigenvalue weighted by atomic mass is 10.0. The van der Waals surface area contributed by atoms with Crippen LogP contribution in [0, 0.1) is 17.8 Å². The van der Waals surface area contributed by atoms with Crippen molar-refractivity contribution in [3.63, 3.8) is 0 Å². The van der Waals surface area contributed by atoms with Crippen LogP contribution in [0.15, 0.2) is 11.6 Å². The third-order valence-corrected chi connectivity index (χ3v) is 1.27. The molecule has 0 aromatic carbocycles. The monoisotopic (exact) mass is 106 g/mol. The molecule has 1 radical (unpaired) electrons. The van der Waals surface area contributed by atoms with E-state index < -0.39 is 0 Å². The van der Waals surface area contributed by atoms with Crippen LogP contribution >= 0.6 is 0 Å². The van der Waals surface area contributed by atoms with Crippen molar-refractivity contribution in [3.05, 3.63) is 18.1 Å². The fraction of sp³-hybridized carbons (Fsp3) is 0.429. The molecule has 0 unspecified atom stereocenters. The van der Waals surface area contributed by atoms with Crippen molar-refractivity contribution >= 4 is 0 Å². The standard InChI is InChI=1S/C7H8N/c8-6-7-4-2-1-3-5-7/h2,5H,1,3-4H2. The molecule has 0 amide bonds. The van der Waals surface area contributed by atoms with Gasteiger partial charge in [0.25, 0.3) is 0 Å². The van der Waals surface area contributed by atoms with Crippen LogP contribution in [0.5, 0.6) is 0 Å². The molecule has 0 bridgehead atoms. The first-order valence-corrected chi connectivity index (χ1v) is 2.84. The smallest absolute Gasteiger partial charge is 0.0943 e. The summed E-state index contributed by atoms with van der Waals surface area (Å²) >= 11 is 0. The van der Waals surface area contributed by atoms with E-state index in [9.17, 15) is 0 Å². The molecular formula is C7H8N. The van der Waals surface area contributed by atoms with Crippen molar-refractivity contribution in [2.24, 2.45) is 0 Å².